The molecule has 2 atom stereocenters. The molecule has 0 aromatic heterocycles. The van der Waals surface area contributed by atoms with Gasteiger partial charge >= 0.3 is 5.97 Å². The molecule has 1 aromatic carbocycles. The van der Waals surface area contributed by atoms with Crippen LogP contribution >= 0.6 is 0 Å². The van der Waals surface area contributed by atoms with Gasteiger partial charge in [-0.15, -0.1) is 0 Å². The molecule has 1 aliphatic heterocycles. The lowest BCUT2D eigenvalue weighted by molar-refractivity contribution is -0.139. The smallest absolute Gasteiger partial charge is 0.320 e. The highest BCUT2D eigenvalue weighted by Crippen LogP contribution is 2.60. The van der Waals surface area contributed by atoms with Crippen LogP contribution in [0, 0.1) is 29.0 Å². The number of Topliss-reactive ketones (excluding diaryl/α,β-unsaturated/α-hetero) is 1. The average Bonchev–Trinajstić information content (AvgIpc) is 3.21. The van der Waals surface area contributed by atoms with Crippen molar-refractivity contribution < 1.29 is 23.8 Å². The molecule has 5 saturated carbocycles. The zero-order valence-corrected chi connectivity index (χ0v) is 19.2. The van der Waals surface area contributed by atoms with Crippen molar-refractivity contribution in [2.75, 3.05) is 6.61 Å². The van der Waals surface area contributed by atoms with Crippen LogP contribution in [0.2, 0.25) is 0 Å². The standard InChI is InChI=1S/C27H34FNO4/c28-21-10-24(33-14-27-11-15-6-16(12-27)8-17(7-15)13-27)19(18-2-1-3-18)9-20(21)25(30)22-4-5-23(29-22)26(31)32/h9-10,15-18,22-23,29H,1-8,11-14H2,(H,31,32). The van der Waals surface area contributed by atoms with Gasteiger partial charge in [0.15, 0.2) is 5.78 Å². The molecule has 33 heavy (non-hydrogen) atoms. The van der Waals surface area contributed by atoms with Gasteiger partial charge in [-0.1, -0.05) is 6.42 Å². The normalized spacial score (nSPS) is 37.2. The molecule has 0 amide bonds. The summed E-state index contributed by atoms with van der Waals surface area (Å²) in [4.78, 5) is 24.3. The van der Waals surface area contributed by atoms with Crippen molar-refractivity contribution in [3.8, 4) is 5.75 Å². The van der Waals surface area contributed by atoms with E-state index < -0.39 is 23.9 Å². The first kappa shape index (κ1) is 21.6. The number of hydrogen-bond acceptors (Lipinski definition) is 4. The molecule has 2 N–H and O–H groups in total. The van der Waals surface area contributed by atoms with Crippen LogP contribution in [0.4, 0.5) is 4.39 Å². The Bertz CT molecular complexity index is 936. The summed E-state index contributed by atoms with van der Waals surface area (Å²) in [5, 5.41) is 12.1. The molecule has 6 heteroatoms. The number of nitrogens with one attached hydrogen (secondary N) is 1. The third-order valence-electron chi connectivity index (χ3n) is 9.37. The van der Waals surface area contributed by atoms with E-state index in [4.69, 9.17) is 4.74 Å². The summed E-state index contributed by atoms with van der Waals surface area (Å²) in [6, 6.07) is 1.77. The van der Waals surface area contributed by atoms with E-state index in [1.807, 2.05) is 0 Å². The summed E-state index contributed by atoms with van der Waals surface area (Å²) < 4.78 is 21.6. The van der Waals surface area contributed by atoms with Crippen molar-refractivity contribution in [3.63, 3.8) is 0 Å². The van der Waals surface area contributed by atoms with Crippen LogP contribution in [-0.2, 0) is 4.79 Å². The SMILES string of the molecule is O=C(O)C1CCC(C(=O)c2cc(C3CCC3)c(OCC34CC5CC(CC(C5)C3)C4)cc2F)N1. The van der Waals surface area contributed by atoms with Gasteiger partial charge in [0.25, 0.3) is 0 Å². The quantitative estimate of drug-likeness (QED) is 0.561. The number of halogens is 1. The molecule has 6 aliphatic rings. The fourth-order valence-electron chi connectivity index (χ4n) is 7.95. The van der Waals surface area contributed by atoms with E-state index in [0.29, 0.717) is 31.1 Å². The Balaban J connectivity index is 1.23. The zero-order valence-electron chi connectivity index (χ0n) is 19.2. The number of ketones is 1. The molecule has 7 rings (SSSR count). The second-order valence-electron chi connectivity index (χ2n) is 11.8. The van der Waals surface area contributed by atoms with Gasteiger partial charge in [-0.05, 0) is 99.5 Å². The highest BCUT2D eigenvalue weighted by molar-refractivity contribution is 6.01. The topological polar surface area (TPSA) is 75.6 Å². The summed E-state index contributed by atoms with van der Waals surface area (Å²) in [5.74, 6) is 1.60. The lowest BCUT2D eigenvalue weighted by atomic mass is 9.50. The Morgan fingerprint density at radius 2 is 1.64 bits per heavy atom. The minimum absolute atomic E-state index is 0.0718. The second kappa shape index (κ2) is 8.07. The monoisotopic (exact) mass is 455 g/mol. The van der Waals surface area contributed by atoms with Crippen molar-refractivity contribution in [1.82, 2.24) is 5.32 Å². The third-order valence-corrected chi connectivity index (χ3v) is 9.37. The maximum atomic E-state index is 15.2. The second-order valence-corrected chi connectivity index (χ2v) is 11.8. The van der Waals surface area contributed by atoms with Crippen LogP contribution in [0.3, 0.4) is 0 Å². The van der Waals surface area contributed by atoms with Gasteiger partial charge in [-0.3, -0.25) is 14.9 Å². The predicted molar refractivity (Wildman–Crippen MR) is 121 cm³/mol. The lowest BCUT2D eigenvalue weighted by Crippen LogP contribution is -2.48. The Hall–Kier alpha value is -1.95. The number of benzene rings is 1. The number of ether oxygens (including phenoxy) is 1. The molecule has 178 valence electrons. The van der Waals surface area contributed by atoms with E-state index in [1.54, 1.807) is 6.07 Å². The van der Waals surface area contributed by atoms with Crippen molar-refractivity contribution in [1.29, 1.82) is 0 Å². The highest BCUT2D eigenvalue weighted by atomic mass is 19.1. The maximum Gasteiger partial charge on any atom is 0.320 e. The van der Waals surface area contributed by atoms with Crippen LogP contribution in [0.5, 0.6) is 5.75 Å². The van der Waals surface area contributed by atoms with Gasteiger partial charge in [-0.2, -0.15) is 0 Å². The number of carboxylic acid groups (broad SMARTS) is 1. The molecular weight excluding hydrogens is 421 g/mol. The van der Waals surface area contributed by atoms with E-state index in [-0.39, 0.29) is 16.8 Å². The van der Waals surface area contributed by atoms with Gasteiger partial charge in [-0.25, -0.2) is 4.39 Å². The number of carbonyl (C=O) groups excluding carboxylic acids is 1. The van der Waals surface area contributed by atoms with E-state index in [9.17, 15) is 14.7 Å². The Morgan fingerprint density at radius 1 is 1.00 bits per heavy atom. The zero-order chi connectivity index (χ0) is 22.7. The first-order chi connectivity index (χ1) is 15.9. The first-order valence-corrected chi connectivity index (χ1v) is 12.9. The summed E-state index contributed by atoms with van der Waals surface area (Å²) >= 11 is 0. The maximum absolute atomic E-state index is 15.2. The van der Waals surface area contributed by atoms with E-state index in [2.05, 4.69) is 5.32 Å². The summed E-state index contributed by atoms with van der Waals surface area (Å²) in [5.41, 5.74) is 1.28. The molecule has 1 heterocycles. The number of aliphatic carboxylic acids is 1. The van der Waals surface area contributed by atoms with Gasteiger partial charge in [0.05, 0.1) is 18.2 Å². The minimum atomic E-state index is -0.964. The number of hydrogen-bond donors (Lipinski definition) is 2. The van der Waals surface area contributed by atoms with Crippen LogP contribution in [-0.4, -0.2) is 35.5 Å². The fourth-order valence-corrected chi connectivity index (χ4v) is 7.95. The molecule has 0 spiro atoms. The van der Waals surface area contributed by atoms with Crippen molar-refractivity contribution in [2.45, 2.75) is 88.6 Å². The molecular formula is C27H34FNO4. The number of carbonyl (C=O) groups is 2. The van der Waals surface area contributed by atoms with Gasteiger partial charge < -0.3 is 9.84 Å². The first-order valence-electron chi connectivity index (χ1n) is 12.9. The van der Waals surface area contributed by atoms with E-state index >= 15 is 4.39 Å². The van der Waals surface area contributed by atoms with E-state index in [1.165, 1.54) is 44.6 Å². The molecule has 2 unspecified atom stereocenters. The van der Waals surface area contributed by atoms with Crippen molar-refractivity contribution in [3.05, 3.63) is 29.1 Å². The summed E-state index contributed by atoms with van der Waals surface area (Å²) in [6.45, 7) is 0.660. The predicted octanol–water partition coefficient (Wildman–Crippen LogP) is 5.08. The lowest BCUT2D eigenvalue weighted by Gasteiger charge is -2.56. The van der Waals surface area contributed by atoms with Crippen molar-refractivity contribution in [2.24, 2.45) is 23.2 Å². The highest BCUT2D eigenvalue weighted by Gasteiger charge is 2.51. The van der Waals surface area contributed by atoms with Crippen LogP contribution in [0.15, 0.2) is 12.1 Å². The van der Waals surface area contributed by atoms with Crippen LogP contribution in [0.25, 0.3) is 0 Å². The summed E-state index contributed by atoms with van der Waals surface area (Å²) in [7, 11) is 0. The fraction of sp³-hybridized carbons (Fsp3) is 0.704. The molecule has 0 radical (unpaired) electrons. The largest absolute Gasteiger partial charge is 0.493 e. The minimum Gasteiger partial charge on any atom is -0.493 e. The Morgan fingerprint density at radius 3 is 2.18 bits per heavy atom. The summed E-state index contributed by atoms with van der Waals surface area (Å²) in [6.07, 6.45) is 11.9. The number of rotatable bonds is 7. The van der Waals surface area contributed by atoms with Crippen LogP contribution in [0.1, 0.15) is 92.5 Å². The molecule has 6 fully saturated rings. The molecule has 1 saturated heterocycles. The van der Waals surface area contributed by atoms with E-state index in [0.717, 1.165) is 42.6 Å². The Kier molecular flexibility index (Phi) is 5.28. The number of carboxylic acids is 1. The molecule has 5 aliphatic carbocycles. The Labute approximate surface area is 194 Å². The van der Waals surface area contributed by atoms with Gasteiger partial charge in [0.2, 0.25) is 0 Å². The third kappa shape index (κ3) is 3.88. The molecule has 1 aromatic rings. The molecule has 5 nitrogen and oxygen atoms in total. The van der Waals surface area contributed by atoms with Crippen LogP contribution < -0.4 is 10.1 Å². The van der Waals surface area contributed by atoms with Gasteiger partial charge in [0.1, 0.15) is 17.6 Å². The molecule has 4 bridgehead atoms. The van der Waals surface area contributed by atoms with Gasteiger partial charge in [0, 0.05) is 11.5 Å². The average molecular weight is 456 g/mol. The van der Waals surface area contributed by atoms with Crippen molar-refractivity contribution >= 4 is 11.8 Å².